The smallest absolute Gasteiger partial charge is 0.191 e. The number of guanidine groups is 1. The van der Waals surface area contributed by atoms with Crippen molar-refractivity contribution in [2.75, 3.05) is 26.7 Å². The van der Waals surface area contributed by atoms with Gasteiger partial charge in [-0.3, -0.25) is 4.90 Å². The molecular formula is C21H34N4O. The summed E-state index contributed by atoms with van der Waals surface area (Å²) in [7, 11) is 1.74. The Labute approximate surface area is 158 Å². The monoisotopic (exact) mass is 358 g/mol. The van der Waals surface area contributed by atoms with Gasteiger partial charge in [-0.25, -0.2) is 4.99 Å². The first kappa shape index (κ1) is 19.2. The summed E-state index contributed by atoms with van der Waals surface area (Å²) in [6.45, 7) is 6.68. The Balaban J connectivity index is 1.57. The highest BCUT2D eigenvalue weighted by Crippen LogP contribution is 2.26. The molecule has 144 valence electrons. The number of hydrogen-bond donors (Lipinski definition) is 2. The lowest BCUT2D eigenvalue weighted by atomic mass is 10.1. The number of likely N-dealkylation sites (tertiary alicyclic amines) is 1. The summed E-state index contributed by atoms with van der Waals surface area (Å²) in [5.74, 6) is 0.929. The highest BCUT2D eigenvalue weighted by Gasteiger charge is 2.30. The summed E-state index contributed by atoms with van der Waals surface area (Å²) in [6.07, 6.45) is 6.80. The second-order valence-corrected chi connectivity index (χ2v) is 7.46. The van der Waals surface area contributed by atoms with E-state index < -0.39 is 0 Å². The van der Waals surface area contributed by atoms with E-state index in [0.29, 0.717) is 19.2 Å². The second-order valence-electron chi connectivity index (χ2n) is 7.46. The summed E-state index contributed by atoms with van der Waals surface area (Å²) in [4.78, 5) is 7.52. The Morgan fingerprint density at radius 2 is 1.96 bits per heavy atom. The molecule has 1 aromatic rings. The van der Waals surface area contributed by atoms with Crippen molar-refractivity contribution in [2.45, 2.75) is 64.3 Å². The minimum atomic E-state index is 0.502. The Morgan fingerprint density at radius 1 is 1.19 bits per heavy atom. The maximum absolute atomic E-state index is 5.31. The Hall–Kier alpha value is -1.59. The lowest BCUT2D eigenvalue weighted by Gasteiger charge is -2.24. The maximum atomic E-state index is 5.31. The van der Waals surface area contributed by atoms with Gasteiger partial charge in [-0.1, -0.05) is 37.1 Å². The zero-order valence-corrected chi connectivity index (χ0v) is 16.3. The molecule has 1 heterocycles. The molecule has 0 amide bonds. The first-order valence-corrected chi connectivity index (χ1v) is 10.1. The van der Waals surface area contributed by atoms with Gasteiger partial charge in [0.15, 0.2) is 5.96 Å². The van der Waals surface area contributed by atoms with E-state index in [2.05, 4.69) is 46.7 Å². The van der Waals surface area contributed by atoms with Gasteiger partial charge in [0.25, 0.3) is 0 Å². The van der Waals surface area contributed by atoms with Gasteiger partial charge in [-0.05, 0) is 37.3 Å². The quantitative estimate of drug-likeness (QED) is 0.581. The van der Waals surface area contributed by atoms with Crippen molar-refractivity contribution in [2.24, 2.45) is 4.99 Å². The van der Waals surface area contributed by atoms with E-state index in [1.54, 1.807) is 7.11 Å². The lowest BCUT2D eigenvalue weighted by molar-refractivity contribution is 0.184. The van der Waals surface area contributed by atoms with Crippen molar-refractivity contribution in [3.8, 4) is 0 Å². The largest absolute Gasteiger partial charge is 0.380 e. The summed E-state index contributed by atoms with van der Waals surface area (Å²) in [5.41, 5.74) is 2.44. The molecule has 5 heteroatoms. The normalized spacial score (nSPS) is 22.1. The van der Waals surface area contributed by atoms with Crippen molar-refractivity contribution < 1.29 is 4.74 Å². The summed E-state index contributed by atoms with van der Waals surface area (Å²) < 4.78 is 5.31. The van der Waals surface area contributed by atoms with Crippen LogP contribution in [0.3, 0.4) is 0 Å². The van der Waals surface area contributed by atoms with E-state index in [9.17, 15) is 0 Å². The predicted molar refractivity (Wildman–Crippen MR) is 107 cm³/mol. The molecule has 1 unspecified atom stereocenters. The Bertz CT molecular complexity index is 583. The van der Waals surface area contributed by atoms with Gasteiger partial charge in [0.2, 0.25) is 0 Å². The first-order valence-electron chi connectivity index (χ1n) is 10.1. The van der Waals surface area contributed by atoms with Gasteiger partial charge >= 0.3 is 0 Å². The number of hydrogen-bond acceptors (Lipinski definition) is 3. The minimum Gasteiger partial charge on any atom is -0.380 e. The van der Waals surface area contributed by atoms with Crippen LogP contribution in [0.2, 0.25) is 0 Å². The van der Waals surface area contributed by atoms with Crippen LogP contribution in [0.15, 0.2) is 29.3 Å². The molecule has 1 aliphatic carbocycles. The number of rotatable bonds is 7. The topological polar surface area (TPSA) is 48.9 Å². The van der Waals surface area contributed by atoms with Crippen LogP contribution in [0.1, 0.15) is 50.2 Å². The molecule has 3 rings (SSSR count). The first-order chi connectivity index (χ1) is 12.8. The summed E-state index contributed by atoms with van der Waals surface area (Å²) in [5, 5.41) is 7.06. The molecule has 1 aromatic carbocycles. The zero-order chi connectivity index (χ0) is 18.2. The van der Waals surface area contributed by atoms with E-state index in [-0.39, 0.29) is 0 Å². The van der Waals surface area contributed by atoms with Gasteiger partial charge in [-0.2, -0.15) is 0 Å². The fourth-order valence-corrected chi connectivity index (χ4v) is 4.19. The van der Waals surface area contributed by atoms with E-state index in [0.717, 1.165) is 25.1 Å². The van der Waals surface area contributed by atoms with Crippen molar-refractivity contribution in [3.63, 3.8) is 0 Å². The summed E-state index contributed by atoms with van der Waals surface area (Å²) >= 11 is 0. The molecule has 2 N–H and O–H groups in total. The van der Waals surface area contributed by atoms with Gasteiger partial charge in [0, 0.05) is 38.8 Å². The van der Waals surface area contributed by atoms with Gasteiger partial charge in [-0.15, -0.1) is 0 Å². The van der Waals surface area contributed by atoms with Crippen LogP contribution in [-0.2, 0) is 17.9 Å². The molecule has 0 spiro atoms. The zero-order valence-electron chi connectivity index (χ0n) is 16.3. The second kappa shape index (κ2) is 9.93. The number of methoxy groups -OCH3 is 1. The SMILES string of the molecule is CCNC(=NCc1ccccc1COC)NC1CCN(C2CCCC2)C1. The molecule has 0 aromatic heterocycles. The van der Waals surface area contributed by atoms with E-state index in [4.69, 9.17) is 9.73 Å². The molecule has 1 saturated carbocycles. The Morgan fingerprint density at radius 3 is 2.69 bits per heavy atom. The van der Waals surface area contributed by atoms with Gasteiger partial charge in [0.05, 0.1) is 13.2 Å². The standard InChI is InChI=1S/C21H34N4O/c1-3-22-21(23-14-17-8-4-5-9-18(17)16-26-2)24-19-12-13-25(15-19)20-10-6-7-11-20/h4-5,8-9,19-20H,3,6-7,10-16H2,1-2H3,(H2,22,23,24). The van der Waals surface area contributed by atoms with Gasteiger partial charge in [0.1, 0.15) is 0 Å². The number of aliphatic imine (C=N–C) groups is 1. The van der Waals surface area contributed by atoms with Crippen LogP contribution >= 0.6 is 0 Å². The number of benzene rings is 1. The predicted octanol–water partition coefficient (Wildman–Crippen LogP) is 2.91. The van der Waals surface area contributed by atoms with E-state index in [1.807, 2.05) is 0 Å². The molecular weight excluding hydrogens is 324 g/mol. The molecule has 26 heavy (non-hydrogen) atoms. The molecule has 0 radical (unpaired) electrons. The van der Waals surface area contributed by atoms with Crippen LogP contribution in [0, 0.1) is 0 Å². The third-order valence-corrected chi connectivity index (χ3v) is 5.57. The number of nitrogens with one attached hydrogen (secondary N) is 2. The van der Waals surface area contributed by atoms with E-state index in [1.165, 1.54) is 49.8 Å². The number of ether oxygens (including phenoxy) is 1. The van der Waals surface area contributed by atoms with Crippen LogP contribution in [0.25, 0.3) is 0 Å². The summed E-state index contributed by atoms with van der Waals surface area (Å²) in [6, 6.07) is 9.70. The van der Waals surface area contributed by atoms with Crippen molar-refractivity contribution >= 4 is 5.96 Å². The molecule has 2 fully saturated rings. The lowest BCUT2D eigenvalue weighted by Crippen LogP contribution is -2.45. The fraction of sp³-hybridized carbons (Fsp3) is 0.667. The van der Waals surface area contributed by atoms with Crippen LogP contribution in [0.5, 0.6) is 0 Å². The minimum absolute atomic E-state index is 0.502. The number of nitrogens with zero attached hydrogens (tertiary/aromatic N) is 2. The highest BCUT2D eigenvalue weighted by molar-refractivity contribution is 5.80. The van der Waals surface area contributed by atoms with Crippen LogP contribution in [-0.4, -0.2) is 49.7 Å². The maximum Gasteiger partial charge on any atom is 0.191 e. The highest BCUT2D eigenvalue weighted by atomic mass is 16.5. The Kier molecular flexibility index (Phi) is 7.32. The molecule has 5 nitrogen and oxygen atoms in total. The fourth-order valence-electron chi connectivity index (χ4n) is 4.19. The molecule has 0 bridgehead atoms. The van der Waals surface area contributed by atoms with Crippen molar-refractivity contribution in [1.82, 2.24) is 15.5 Å². The van der Waals surface area contributed by atoms with Gasteiger partial charge < -0.3 is 15.4 Å². The molecule has 1 aliphatic heterocycles. The average Bonchev–Trinajstić information content (AvgIpc) is 3.33. The van der Waals surface area contributed by atoms with Crippen molar-refractivity contribution in [1.29, 1.82) is 0 Å². The van der Waals surface area contributed by atoms with Crippen molar-refractivity contribution in [3.05, 3.63) is 35.4 Å². The third kappa shape index (κ3) is 5.21. The van der Waals surface area contributed by atoms with Crippen LogP contribution < -0.4 is 10.6 Å². The average molecular weight is 359 g/mol. The van der Waals surface area contributed by atoms with Crippen LogP contribution in [0.4, 0.5) is 0 Å². The molecule has 1 saturated heterocycles. The van der Waals surface area contributed by atoms with E-state index >= 15 is 0 Å². The molecule has 2 aliphatic rings. The molecule has 1 atom stereocenters. The third-order valence-electron chi connectivity index (χ3n) is 5.57.